The van der Waals surface area contributed by atoms with Crippen LogP contribution in [0.5, 0.6) is 0 Å². The minimum Gasteiger partial charge on any atom is -0.375 e. The number of hydrogen-bond donors (Lipinski definition) is 1. The van der Waals surface area contributed by atoms with Gasteiger partial charge < -0.3 is 4.74 Å². The normalized spacial score (nSPS) is 25.9. The van der Waals surface area contributed by atoms with Crippen molar-refractivity contribution in [3.8, 4) is 22.4 Å². The van der Waals surface area contributed by atoms with E-state index in [1.807, 2.05) is 36.9 Å². The predicted molar refractivity (Wildman–Crippen MR) is 141 cm³/mol. The third-order valence-electron chi connectivity index (χ3n) is 8.78. The molecule has 1 aliphatic carbocycles. The first-order valence-corrected chi connectivity index (χ1v) is 13.4. The molecule has 4 aromatic heterocycles. The Morgan fingerprint density at radius 1 is 0.946 bits per heavy atom. The summed E-state index contributed by atoms with van der Waals surface area (Å²) >= 11 is 0. The highest BCUT2D eigenvalue weighted by molar-refractivity contribution is 6.02. The second-order valence-electron chi connectivity index (χ2n) is 10.7. The lowest BCUT2D eigenvalue weighted by molar-refractivity contribution is 0.00262. The van der Waals surface area contributed by atoms with Crippen molar-refractivity contribution in [3.05, 3.63) is 66.9 Å². The summed E-state index contributed by atoms with van der Waals surface area (Å²) in [7, 11) is 0. The van der Waals surface area contributed by atoms with Gasteiger partial charge >= 0.3 is 0 Å². The van der Waals surface area contributed by atoms with Crippen molar-refractivity contribution in [2.45, 2.75) is 56.2 Å². The SMILES string of the molecule is c1cc(-c2c(-c3ccncc3)nn3c(C4CCC(N5CC6CC5CO6)CC4)ccnc23)c2cn[nH]c2c1. The zero-order valence-electron chi connectivity index (χ0n) is 20.6. The van der Waals surface area contributed by atoms with Crippen LogP contribution in [0.25, 0.3) is 38.9 Å². The molecule has 1 saturated carbocycles. The molecule has 3 aliphatic rings. The van der Waals surface area contributed by atoms with E-state index in [1.54, 1.807) is 0 Å². The molecule has 2 aliphatic heterocycles. The molecule has 8 heteroatoms. The first kappa shape index (κ1) is 21.5. The molecule has 2 unspecified atom stereocenters. The third-order valence-corrected chi connectivity index (χ3v) is 8.78. The number of rotatable bonds is 4. The molecule has 3 fully saturated rings. The number of nitrogens with zero attached hydrogens (tertiary/aromatic N) is 6. The summed E-state index contributed by atoms with van der Waals surface area (Å²) in [6.45, 7) is 2.05. The van der Waals surface area contributed by atoms with Gasteiger partial charge in [-0.15, -0.1) is 0 Å². The summed E-state index contributed by atoms with van der Waals surface area (Å²) < 4.78 is 7.96. The Labute approximate surface area is 214 Å². The second kappa shape index (κ2) is 8.46. The zero-order chi connectivity index (χ0) is 24.3. The van der Waals surface area contributed by atoms with Crippen LogP contribution in [0.3, 0.4) is 0 Å². The van der Waals surface area contributed by atoms with Crippen LogP contribution in [-0.4, -0.2) is 66.0 Å². The Kier molecular flexibility index (Phi) is 4.91. The van der Waals surface area contributed by atoms with E-state index in [-0.39, 0.29) is 0 Å². The van der Waals surface area contributed by atoms with E-state index >= 15 is 0 Å². The van der Waals surface area contributed by atoms with Gasteiger partial charge in [-0.3, -0.25) is 15.0 Å². The lowest BCUT2D eigenvalue weighted by atomic mass is 9.83. The summed E-state index contributed by atoms with van der Waals surface area (Å²) in [5.41, 5.74) is 7.27. The van der Waals surface area contributed by atoms with Gasteiger partial charge in [0.15, 0.2) is 5.65 Å². The molecule has 2 atom stereocenters. The number of morpholine rings is 1. The van der Waals surface area contributed by atoms with Crippen LogP contribution >= 0.6 is 0 Å². The maximum Gasteiger partial charge on any atom is 0.163 e. The standard InChI is InChI=1S/C29H29N7O/c1-2-23(24-15-32-33-25(24)3-1)27-28(19-8-11-30-12-9-19)34-36-26(10-13-31-29(27)36)18-4-6-20(7-5-18)35-16-22-14-21(35)17-37-22/h1-3,8-13,15,18,20-22H,4-7,14,16-17H2,(H,32,33). The Bertz CT molecular complexity index is 1580. The van der Waals surface area contributed by atoms with Crippen molar-refractivity contribution in [1.82, 2.24) is 34.7 Å². The van der Waals surface area contributed by atoms with Crippen LogP contribution < -0.4 is 0 Å². The average Bonchev–Trinajstić information content (AvgIpc) is 3.76. The molecule has 2 saturated heterocycles. The zero-order valence-corrected chi connectivity index (χ0v) is 20.6. The monoisotopic (exact) mass is 491 g/mol. The Morgan fingerprint density at radius 2 is 1.84 bits per heavy atom. The molecular formula is C29H29N7O. The molecule has 8 rings (SSSR count). The molecule has 8 nitrogen and oxygen atoms in total. The van der Waals surface area contributed by atoms with Crippen molar-refractivity contribution in [3.63, 3.8) is 0 Å². The Morgan fingerprint density at radius 3 is 2.65 bits per heavy atom. The molecule has 5 aromatic rings. The van der Waals surface area contributed by atoms with E-state index < -0.39 is 0 Å². The number of hydrogen-bond acceptors (Lipinski definition) is 6. The maximum atomic E-state index is 5.85. The van der Waals surface area contributed by atoms with E-state index in [9.17, 15) is 0 Å². The van der Waals surface area contributed by atoms with Crippen LogP contribution in [0, 0.1) is 0 Å². The van der Waals surface area contributed by atoms with Gasteiger partial charge in [0.25, 0.3) is 0 Å². The summed E-state index contributed by atoms with van der Waals surface area (Å²) in [5, 5.41) is 13.7. The van der Waals surface area contributed by atoms with Gasteiger partial charge in [-0.25, -0.2) is 9.50 Å². The van der Waals surface area contributed by atoms with E-state index in [2.05, 4.69) is 48.9 Å². The number of ether oxygens (including phenoxy) is 1. The molecule has 6 heterocycles. The van der Waals surface area contributed by atoms with Crippen LogP contribution in [0.1, 0.15) is 43.7 Å². The predicted octanol–water partition coefficient (Wildman–Crippen LogP) is 4.83. The third kappa shape index (κ3) is 3.43. The van der Waals surface area contributed by atoms with Gasteiger partial charge in [0, 0.05) is 59.8 Å². The number of fused-ring (bicyclic) bond motifs is 4. The molecule has 0 radical (unpaired) electrons. The smallest absolute Gasteiger partial charge is 0.163 e. The fourth-order valence-corrected chi connectivity index (χ4v) is 7.00. The summed E-state index contributed by atoms with van der Waals surface area (Å²) in [4.78, 5) is 11.9. The summed E-state index contributed by atoms with van der Waals surface area (Å²) in [6, 6.07) is 13.8. The number of likely N-dealkylation sites (tertiary alicyclic amines) is 1. The topological polar surface area (TPSA) is 84.2 Å². The second-order valence-corrected chi connectivity index (χ2v) is 10.7. The van der Waals surface area contributed by atoms with Crippen LogP contribution in [0.2, 0.25) is 0 Å². The van der Waals surface area contributed by atoms with Crippen LogP contribution in [-0.2, 0) is 4.74 Å². The molecule has 2 bridgehead atoms. The number of pyridine rings is 1. The van der Waals surface area contributed by atoms with E-state index in [4.69, 9.17) is 14.8 Å². The van der Waals surface area contributed by atoms with Crippen molar-refractivity contribution >= 4 is 16.6 Å². The number of benzene rings is 1. The maximum absolute atomic E-state index is 5.85. The molecule has 1 aromatic carbocycles. The van der Waals surface area contributed by atoms with Gasteiger partial charge in [-0.2, -0.15) is 10.2 Å². The van der Waals surface area contributed by atoms with E-state index in [0.29, 0.717) is 24.1 Å². The van der Waals surface area contributed by atoms with Crippen LogP contribution in [0.4, 0.5) is 0 Å². The van der Waals surface area contributed by atoms with Crippen molar-refractivity contribution in [1.29, 1.82) is 0 Å². The molecule has 37 heavy (non-hydrogen) atoms. The highest BCUT2D eigenvalue weighted by Gasteiger charge is 2.43. The highest BCUT2D eigenvalue weighted by Crippen LogP contribution is 2.42. The average molecular weight is 492 g/mol. The van der Waals surface area contributed by atoms with E-state index in [1.165, 1.54) is 37.8 Å². The van der Waals surface area contributed by atoms with Gasteiger partial charge in [0.05, 0.1) is 30.0 Å². The molecular weight excluding hydrogens is 462 g/mol. The number of H-pyrrole nitrogens is 1. The lowest BCUT2D eigenvalue weighted by Gasteiger charge is -2.39. The van der Waals surface area contributed by atoms with Gasteiger partial charge in [-0.1, -0.05) is 12.1 Å². The molecule has 0 spiro atoms. The minimum absolute atomic E-state index is 0.469. The van der Waals surface area contributed by atoms with Crippen LogP contribution in [0.15, 0.2) is 61.2 Å². The number of aromatic nitrogens is 6. The lowest BCUT2D eigenvalue weighted by Crippen LogP contribution is -2.45. The first-order valence-electron chi connectivity index (χ1n) is 13.4. The van der Waals surface area contributed by atoms with Crippen molar-refractivity contribution in [2.24, 2.45) is 0 Å². The Hall–Kier alpha value is -3.62. The van der Waals surface area contributed by atoms with Gasteiger partial charge in [0.1, 0.15) is 5.69 Å². The van der Waals surface area contributed by atoms with E-state index in [0.717, 1.165) is 52.1 Å². The van der Waals surface area contributed by atoms with Crippen molar-refractivity contribution < 1.29 is 4.74 Å². The fourth-order valence-electron chi connectivity index (χ4n) is 7.00. The minimum atomic E-state index is 0.469. The quantitative estimate of drug-likeness (QED) is 0.388. The number of aromatic amines is 1. The highest BCUT2D eigenvalue weighted by atomic mass is 16.5. The molecule has 0 amide bonds. The number of nitrogens with one attached hydrogen (secondary N) is 1. The largest absolute Gasteiger partial charge is 0.375 e. The van der Waals surface area contributed by atoms with Crippen molar-refractivity contribution in [2.75, 3.05) is 13.2 Å². The summed E-state index contributed by atoms with van der Waals surface area (Å²) in [5.74, 6) is 0.473. The fraction of sp³-hybridized carbons (Fsp3) is 0.379. The summed E-state index contributed by atoms with van der Waals surface area (Å²) in [6.07, 6.45) is 14.0. The first-order chi connectivity index (χ1) is 18.3. The molecule has 186 valence electrons. The van der Waals surface area contributed by atoms with Gasteiger partial charge in [-0.05, 0) is 61.9 Å². The Balaban J connectivity index is 1.21. The molecule has 1 N–H and O–H groups in total. The van der Waals surface area contributed by atoms with Gasteiger partial charge in [0.2, 0.25) is 0 Å².